The van der Waals surface area contributed by atoms with Gasteiger partial charge in [-0.1, -0.05) is 50.2 Å². The first-order valence-corrected chi connectivity index (χ1v) is 12.7. The molecule has 0 saturated heterocycles. The molecule has 0 saturated carbocycles. The predicted octanol–water partition coefficient (Wildman–Crippen LogP) is 3.85. The lowest BCUT2D eigenvalue weighted by Crippen LogP contribution is -2.52. The highest BCUT2D eigenvalue weighted by Crippen LogP contribution is 2.34. The molecule has 7 heteroatoms. The van der Waals surface area contributed by atoms with Crippen LogP contribution in [0.15, 0.2) is 53.4 Å². The van der Waals surface area contributed by atoms with E-state index in [1.165, 1.54) is 22.2 Å². The summed E-state index contributed by atoms with van der Waals surface area (Å²) < 4.78 is 0. The van der Waals surface area contributed by atoms with Gasteiger partial charge in [0.2, 0.25) is 11.8 Å². The Morgan fingerprint density at radius 2 is 1.85 bits per heavy atom. The van der Waals surface area contributed by atoms with E-state index in [1.54, 1.807) is 0 Å². The standard InChI is InChI=1S/C26H31N3O3S/c1-3-17(2)25(31)28-21-16-33-23-14-7-6-13-22(23)29(26(21)32)15-24(30)27-20-12-8-10-18-9-4-5-11-19(18)20/h4-7,9,11,13-14,17,20-21H,3,8,10,12,15-16H2,1-2H3,(H,27,30)(H,28,31)/t17-,20-,21?/m1/s1. The van der Waals surface area contributed by atoms with E-state index in [2.05, 4.69) is 22.8 Å². The Balaban J connectivity index is 1.53. The van der Waals surface area contributed by atoms with Crippen molar-refractivity contribution in [3.05, 3.63) is 59.7 Å². The molecule has 33 heavy (non-hydrogen) atoms. The fourth-order valence-corrected chi connectivity index (χ4v) is 5.48. The highest BCUT2D eigenvalue weighted by molar-refractivity contribution is 7.99. The van der Waals surface area contributed by atoms with Crippen LogP contribution in [0.4, 0.5) is 5.69 Å². The first-order chi connectivity index (χ1) is 16.0. The second-order valence-electron chi connectivity index (χ2n) is 8.78. The topological polar surface area (TPSA) is 78.5 Å². The summed E-state index contributed by atoms with van der Waals surface area (Å²) >= 11 is 1.53. The Kier molecular flexibility index (Phi) is 7.38. The third kappa shape index (κ3) is 5.24. The minimum absolute atomic E-state index is 0.0462. The molecule has 0 fully saturated rings. The molecular weight excluding hydrogens is 434 g/mol. The zero-order chi connectivity index (χ0) is 23.4. The smallest absolute Gasteiger partial charge is 0.250 e. The maximum atomic E-state index is 13.5. The van der Waals surface area contributed by atoms with Crippen molar-refractivity contribution in [1.29, 1.82) is 0 Å². The highest BCUT2D eigenvalue weighted by Gasteiger charge is 2.34. The van der Waals surface area contributed by atoms with E-state index < -0.39 is 6.04 Å². The van der Waals surface area contributed by atoms with Gasteiger partial charge in [0.05, 0.1) is 11.7 Å². The summed E-state index contributed by atoms with van der Waals surface area (Å²) in [4.78, 5) is 41.6. The van der Waals surface area contributed by atoms with E-state index in [9.17, 15) is 14.4 Å². The molecule has 6 nitrogen and oxygen atoms in total. The lowest BCUT2D eigenvalue weighted by Gasteiger charge is -2.29. The Labute approximate surface area is 199 Å². The summed E-state index contributed by atoms with van der Waals surface area (Å²) in [5, 5.41) is 6.06. The van der Waals surface area contributed by atoms with E-state index in [0.29, 0.717) is 17.9 Å². The first-order valence-electron chi connectivity index (χ1n) is 11.7. The Bertz CT molecular complexity index is 1040. The highest BCUT2D eigenvalue weighted by atomic mass is 32.2. The van der Waals surface area contributed by atoms with Gasteiger partial charge in [-0.25, -0.2) is 0 Å². The molecule has 0 bridgehead atoms. The van der Waals surface area contributed by atoms with Crippen LogP contribution in [0.1, 0.15) is 50.3 Å². The van der Waals surface area contributed by atoms with E-state index in [4.69, 9.17) is 0 Å². The normalized spacial score (nSPS) is 20.8. The second-order valence-corrected chi connectivity index (χ2v) is 9.85. The number of nitrogens with zero attached hydrogens (tertiary/aromatic N) is 1. The molecular formula is C26H31N3O3S. The Morgan fingerprint density at radius 3 is 2.67 bits per heavy atom. The van der Waals surface area contributed by atoms with Crippen molar-refractivity contribution in [1.82, 2.24) is 10.6 Å². The third-order valence-corrected chi connectivity index (χ3v) is 7.66. The van der Waals surface area contributed by atoms with Gasteiger partial charge in [0.15, 0.2) is 0 Å². The van der Waals surface area contributed by atoms with E-state index in [1.807, 2.05) is 50.2 Å². The zero-order valence-electron chi connectivity index (χ0n) is 19.2. The van der Waals surface area contributed by atoms with E-state index in [-0.39, 0.29) is 36.2 Å². The van der Waals surface area contributed by atoms with Gasteiger partial charge < -0.3 is 15.5 Å². The fraction of sp³-hybridized carbons (Fsp3) is 0.423. The van der Waals surface area contributed by atoms with Crippen LogP contribution in [-0.2, 0) is 20.8 Å². The predicted molar refractivity (Wildman–Crippen MR) is 131 cm³/mol. The summed E-state index contributed by atoms with van der Waals surface area (Å²) in [5.74, 6) is -0.309. The van der Waals surface area contributed by atoms with Gasteiger partial charge in [-0.05, 0) is 48.9 Å². The van der Waals surface area contributed by atoms with Crippen LogP contribution in [-0.4, -0.2) is 36.1 Å². The van der Waals surface area contributed by atoms with E-state index >= 15 is 0 Å². The summed E-state index contributed by atoms with van der Waals surface area (Å²) in [5.41, 5.74) is 3.15. The molecule has 2 aromatic carbocycles. The summed E-state index contributed by atoms with van der Waals surface area (Å²) in [6, 6.07) is 15.1. The average Bonchev–Trinajstić information content (AvgIpc) is 2.96. The van der Waals surface area contributed by atoms with Gasteiger partial charge in [-0.15, -0.1) is 11.8 Å². The number of aryl methyl sites for hydroxylation is 1. The number of carbonyl (C=O) groups excluding carboxylic acids is 3. The van der Waals surface area contributed by atoms with Gasteiger partial charge in [-0.2, -0.15) is 0 Å². The molecule has 1 aliphatic carbocycles. The quantitative estimate of drug-likeness (QED) is 0.679. The number of hydrogen-bond donors (Lipinski definition) is 2. The van der Waals surface area contributed by atoms with Crippen LogP contribution in [0, 0.1) is 5.92 Å². The number of rotatable bonds is 6. The molecule has 0 spiro atoms. The maximum Gasteiger partial charge on any atom is 0.250 e. The van der Waals surface area contributed by atoms with Gasteiger partial charge in [-0.3, -0.25) is 14.4 Å². The van der Waals surface area contributed by atoms with Gasteiger partial charge >= 0.3 is 0 Å². The van der Waals surface area contributed by atoms with E-state index in [0.717, 1.165) is 29.7 Å². The molecule has 4 rings (SSSR count). The van der Waals surface area contributed by atoms with Crippen LogP contribution in [0.3, 0.4) is 0 Å². The molecule has 2 aromatic rings. The van der Waals surface area contributed by atoms with Crippen molar-refractivity contribution in [3.8, 4) is 0 Å². The maximum absolute atomic E-state index is 13.5. The van der Waals surface area contributed by atoms with Crippen LogP contribution >= 0.6 is 11.8 Å². The van der Waals surface area contributed by atoms with Crippen molar-refractivity contribution < 1.29 is 14.4 Å². The van der Waals surface area contributed by atoms with Gasteiger partial charge in [0.1, 0.15) is 12.6 Å². The summed E-state index contributed by atoms with van der Waals surface area (Å²) in [6.07, 6.45) is 3.63. The number of carbonyl (C=O) groups is 3. The third-order valence-electron chi connectivity index (χ3n) is 6.51. The van der Waals surface area contributed by atoms with Crippen LogP contribution in [0.5, 0.6) is 0 Å². The van der Waals surface area contributed by atoms with Crippen LogP contribution < -0.4 is 15.5 Å². The van der Waals surface area contributed by atoms with Crippen molar-refractivity contribution in [2.75, 3.05) is 17.2 Å². The lowest BCUT2D eigenvalue weighted by molar-refractivity contribution is -0.129. The SMILES string of the molecule is CC[C@@H](C)C(=O)NC1CSc2ccccc2N(CC(=O)N[C@@H]2CCCc3ccccc32)C1=O. The molecule has 2 N–H and O–H groups in total. The van der Waals surface area contributed by atoms with Gasteiger partial charge in [0, 0.05) is 16.6 Å². The van der Waals surface area contributed by atoms with Crippen LogP contribution in [0.25, 0.3) is 0 Å². The van der Waals surface area contributed by atoms with Crippen molar-refractivity contribution in [2.45, 2.75) is 56.5 Å². The molecule has 3 amide bonds. The molecule has 0 aromatic heterocycles. The number of fused-ring (bicyclic) bond motifs is 2. The first kappa shape index (κ1) is 23.4. The summed E-state index contributed by atoms with van der Waals surface area (Å²) in [6.45, 7) is 3.72. The number of amides is 3. The molecule has 2 aliphatic rings. The molecule has 0 radical (unpaired) electrons. The minimum Gasteiger partial charge on any atom is -0.348 e. The second kappa shape index (κ2) is 10.4. The number of benzene rings is 2. The molecule has 3 atom stereocenters. The monoisotopic (exact) mass is 465 g/mol. The molecule has 1 unspecified atom stereocenters. The Hall–Kier alpha value is -2.80. The minimum atomic E-state index is -0.674. The summed E-state index contributed by atoms with van der Waals surface area (Å²) in [7, 11) is 0. The van der Waals surface area contributed by atoms with Crippen molar-refractivity contribution in [3.63, 3.8) is 0 Å². The number of nitrogens with one attached hydrogen (secondary N) is 2. The van der Waals surface area contributed by atoms with Crippen molar-refractivity contribution >= 4 is 35.2 Å². The number of hydrogen-bond acceptors (Lipinski definition) is 4. The largest absolute Gasteiger partial charge is 0.348 e. The number of anilines is 1. The molecule has 1 aliphatic heterocycles. The average molecular weight is 466 g/mol. The van der Waals surface area contributed by atoms with Crippen molar-refractivity contribution in [2.24, 2.45) is 5.92 Å². The number of thioether (sulfide) groups is 1. The molecule has 174 valence electrons. The lowest BCUT2D eigenvalue weighted by atomic mass is 9.88. The molecule has 1 heterocycles. The van der Waals surface area contributed by atoms with Gasteiger partial charge in [0.25, 0.3) is 5.91 Å². The number of para-hydroxylation sites is 1. The fourth-order valence-electron chi connectivity index (χ4n) is 4.41. The Morgan fingerprint density at radius 1 is 1.09 bits per heavy atom. The van der Waals surface area contributed by atoms with Crippen LogP contribution in [0.2, 0.25) is 0 Å². The zero-order valence-corrected chi connectivity index (χ0v) is 20.0.